The van der Waals surface area contributed by atoms with Gasteiger partial charge in [-0.3, -0.25) is 9.59 Å². The molecule has 0 aromatic heterocycles. The average Bonchev–Trinajstić information content (AvgIpc) is 2.56. The normalized spacial score (nSPS) is 10.2. The molecule has 5 heteroatoms. The minimum atomic E-state index is -0.325. The summed E-state index contributed by atoms with van der Waals surface area (Å²) in [5.41, 5.74) is 2.25. The van der Waals surface area contributed by atoms with E-state index in [1.54, 1.807) is 43.3 Å². The lowest BCUT2D eigenvalue weighted by Gasteiger charge is -2.07. The zero-order chi connectivity index (χ0) is 16.7. The Labute approximate surface area is 134 Å². The summed E-state index contributed by atoms with van der Waals surface area (Å²) in [6, 6.07) is 12.9. The zero-order valence-corrected chi connectivity index (χ0v) is 12.8. The number of halogens is 1. The number of esters is 1. The van der Waals surface area contributed by atoms with E-state index in [9.17, 15) is 14.0 Å². The van der Waals surface area contributed by atoms with E-state index in [2.05, 4.69) is 5.32 Å². The van der Waals surface area contributed by atoms with Crippen molar-refractivity contribution in [1.29, 1.82) is 0 Å². The second kappa shape index (κ2) is 8.08. The minimum absolute atomic E-state index is 0.177. The van der Waals surface area contributed by atoms with Crippen LogP contribution in [0.2, 0.25) is 0 Å². The Morgan fingerprint density at radius 2 is 1.61 bits per heavy atom. The van der Waals surface area contributed by atoms with Crippen LogP contribution < -0.4 is 5.32 Å². The minimum Gasteiger partial charge on any atom is -0.461 e. The van der Waals surface area contributed by atoms with Gasteiger partial charge in [-0.1, -0.05) is 31.2 Å². The van der Waals surface area contributed by atoms with Crippen molar-refractivity contribution < 1.29 is 18.7 Å². The van der Waals surface area contributed by atoms with E-state index >= 15 is 0 Å². The number of carbonyl (C=O) groups excluding carboxylic acids is 2. The molecule has 0 fully saturated rings. The van der Waals surface area contributed by atoms with Crippen molar-refractivity contribution in [2.75, 3.05) is 5.32 Å². The predicted molar refractivity (Wildman–Crippen MR) is 85.3 cm³/mol. The summed E-state index contributed by atoms with van der Waals surface area (Å²) in [6.45, 7) is 1.96. The van der Waals surface area contributed by atoms with Crippen molar-refractivity contribution in [2.24, 2.45) is 0 Å². The summed E-state index contributed by atoms with van der Waals surface area (Å²) >= 11 is 0. The largest absolute Gasteiger partial charge is 0.461 e. The number of rotatable bonds is 6. The van der Waals surface area contributed by atoms with Crippen LogP contribution in [-0.4, -0.2) is 11.9 Å². The van der Waals surface area contributed by atoms with Crippen molar-refractivity contribution in [1.82, 2.24) is 0 Å². The highest BCUT2D eigenvalue weighted by molar-refractivity contribution is 5.92. The third-order valence-electron chi connectivity index (χ3n) is 3.20. The van der Waals surface area contributed by atoms with Gasteiger partial charge in [-0.05, 0) is 35.4 Å². The Balaban J connectivity index is 1.86. The lowest BCUT2D eigenvalue weighted by Crippen LogP contribution is -2.14. The number of hydrogen-bond donors (Lipinski definition) is 1. The predicted octanol–water partition coefficient (Wildman–Crippen LogP) is 3.46. The second-order valence-electron chi connectivity index (χ2n) is 5.06. The zero-order valence-electron chi connectivity index (χ0n) is 12.8. The van der Waals surface area contributed by atoms with Gasteiger partial charge in [0.25, 0.3) is 0 Å². The highest BCUT2D eigenvalue weighted by atomic mass is 19.1. The Bertz CT molecular complexity index is 666. The molecule has 0 heterocycles. The van der Waals surface area contributed by atoms with Crippen LogP contribution in [0.4, 0.5) is 10.1 Å². The number of hydrogen-bond acceptors (Lipinski definition) is 3. The fraction of sp³-hybridized carbons (Fsp3) is 0.222. The molecule has 0 atom stereocenters. The van der Waals surface area contributed by atoms with E-state index in [1.807, 2.05) is 0 Å². The molecule has 2 aromatic carbocycles. The molecule has 4 nitrogen and oxygen atoms in total. The first kappa shape index (κ1) is 16.7. The quantitative estimate of drug-likeness (QED) is 0.831. The molecule has 120 valence electrons. The van der Waals surface area contributed by atoms with Gasteiger partial charge in [-0.15, -0.1) is 0 Å². The van der Waals surface area contributed by atoms with Crippen LogP contribution in [0.25, 0.3) is 0 Å². The molecule has 0 aliphatic heterocycles. The van der Waals surface area contributed by atoms with Crippen LogP contribution >= 0.6 is 0 Å². The molecular weight excluding hydrogens is 297 g/mol. The Hall–Kier alpha value is -2.69. The molecule has 2 aromatic rings. The molecule has 0 spiro atoms. The molecular formula is C18H18FNO3. The van der Waals surface area contributed by atoms with Crippen molar-refractivity contribution >= 4 is 17.6 Å². The fourth-order valence-electron chi connectivity index (χ4n) is 1.94. The maximum atomic E-state index is 12.8. The van der Waals surface area contributed by atoms with Crippen LogP contribution in [-0.2, 0) is 27.4 Å². The Morgan fingerprint density at radius 1 is 1.00 bits per heavy atom. The van der Waals surface area contributed by atoms with Crippen molar-refractivity contribution in [3.8, 4) is 0 Å². The fourth-order valence-corrected chi connectivity index (χ4v) is 1.94. The van der Waals surface area contributed by atoms with Gasteiger partial charge in [0.1, 0.15) is 12.4 Å². The second-order valence-corrected chi connectivity index (χ2v) is 5.06. The topological polar surface area (TPSA) is 55.4 Å². The van der Waals surface area contributed by atoms with Crippen LogP contribution in [0, 0.1) is 5.82 Å². The van der Waals surface area contributed by atoms with E-state index in [0.717, 1.165) is 11.1 Å². The number of carbonyl (C=O) groups is 2. The summed E-state index contributed by atoms with van der Waals surface area (Å²) in [7, 11) is 0. The molecule has 0 aliphatic rings. The van der Waals surface area contributed by atoms with Gasteiger partial charge < -0.3 is 10.1 Å². The number of benzene rings is 2. The molecule has 0 bridgehead atoms. The van der Waals surface area contributed by atoms with Gasteiger partial charge in [0.2, 0.25) is 5.91 Å². The van der Waals surface area contributed by atoms with Crippen LogP contribution in [0.15, 0.2) is 48.5 Å². The molecule has 0 unspecified atom stereocenters. The smallest absolute Gasteiger partial charge is 0.305 e. The van der Waals surface area contributed by atoms with Crippen LogP contribution in [0.5, 0.6) is 0 Å². The monoisotopic (exact) mass is 315 g/mol. The average molecular weight is 315 g/mol. The summed E-state index contributed by atoms with van der Waals surface area (Å²) in [4.78, 5) is 23.0. The molecule has 1 amide bonds. The summed E-state index contributed by atoms with van der Waals surface area (Å²) < 4.78 is 17.8. The highest BCUT2D eigenvalue weighted by Gasteiger charge is 2.05. The van der Waals surface area contributed by atoms with Gasteiger partial charge in [-0.25, -0.2) is 4.39 Å². The summed E-state index contributed by atoms with van der Waals surface area (Å²) in [6.07, 6.45) is 0.521. The maximum absolute atomic E-state index is 12.8. The highest BCUT2D eigenvalue weighted by Crippen LogP contribution is 2.12. The van der Waals surface area contributed by atoms with Crippen LogP contribution in [0.3, 0.4) is 0 Å². The first-order chi connectivity index (χ1) is 11.1. The number of anilines is 1. The first-order valence-corrected chi connectivity index (χ1v) is 7.35. The standard InChI is InChI=1S/C18H18FNO3/c1-2-18(22)23-12-14-5-9-16(10-6-14)20-17(21)11-13-3-7-15(19)8-4-13/h3-10H,2,11-12H2,1H3,(H,20,21). The third-order valence-corrected chi connectivity index (χ3v) is 3.20. The van der Waals surface area contributed by atoms with Gasteiger partial charge >= 0.3 is 5.97 Å². The molecule has 1 N–H and O–H groups in total. The number of amides is 1. The molecule has 0 saturated carbocycles. The van der Waals surface area contributed by atoms with E-state index in [1.165, 1.54) is 12.1 Å². The molecule has 23 heavy (non-hydrogen) atoms. The van der Waals surface area contributed by atoms with Gasteiger partial charge in [0, 0.05) is 12.1 Å². The first-order valence-electron chi connectivity index (χ1n) is 7.35. The van der Waals surface area contributed by atoms with Crippen molar-refractivity contribution in [2.45, 2.75) is 26.4 Å². The number of nitrogens with one attached hydrogen (secondary N) is 1. The molecule has 0 radical (unpaired) electrons. The summed E-state index contributed by atoms with van der Waals surface area (Å²) in [5, 5.41) is 2.77. The van der Waals surface area contributed by atoms with E-state index in [0.29, 0.717) is 12.1 Å². The lowest BCUT2D eigenvalue weighted by atomic mass is 10.1. The Kier molecular flexibility index (Phi) is 5.86. The van der Waals surface area contributed by atoms with Crippen molar-refractivity contribution in [3.05, 3.63) is 65.5 Å². The SMILES string of the molecule is CCC(=O)OCc1ccc(NC(=O)Cc2ccc(F)cc2)cc1. The van der Waals surface area contributed by atoms with Gasteiger partial charge in [0.15, 0.2) is 0 Å². The molecule has 0 saturated heterocycles. The van der Waals surface area contributed by atoms with Crippen molar-refractivity contribution in [3.63, 3.8) is 0 Å². The van der Waals surface area contributed by atoms with E-state index < -0.39 is 0 Å². The lowest BCUT2D eigenvalue weighted by molar-refractivity contribution is -0.144. The molecule has 0 aliphatic carbocycles. The van der Waals surface area contributed by atoms with Gasteiger partial charge in [0.05, 0.1) is 6.42 Å². The van der Waals surface area contributed by atoms with Gasteiger partial charge in [-0.2, -0.15) is 0 Å². The Morgan fingerprint density at radius 3 is 2.22 bits per heavy atom. The number of ether oxygens (including phenoxy) is 1. The van der Waals surface area contributed by atoms with E-state index in [4.69, 9.17) is 4.74 Å². The van der Waals surface area contributed by atoms with Crippen LogP contribution in [0.1, 0.15) is 24.5 Å². The molecule has 2 rings (SSSR count). The maximum Gasteiger partial charge on any atom is 0.305 e. The summed E-state index contributed by atoms with van der Waals surface area (Å²) in [5.74, 6) is -0.753. The van der Waals surface area contributed by atoms with E-state index in [-0.39, 0.29) is 30.7 Å². The third kappa shape index (κ3) is 5.54.